The number of allylic oxidation sites excluding steroid dienone is 6. The van der Waals surface area contributed by atoms with Crippen molar-refractivity contribution >= 4 is 11.9 Å². The molecule has 6 heteroatoms. The Labute approximate surface area is 532 Å². The van der Waals surface area contributed by atoms with Crippen LogP contribution in [0.5, 0.6) is 0 Å². The van der Waals surface area contributed by atoms with Crippen LogP contribution in [0.2, 0.25) is 0 Å². The maximum atomic E-state index is 12.5. The lowest BCUT2D eigenvalue weighted by atomic mass is 10.0. The third-order valence-corrected chi connectivity index (χ3v) is 18.2. The van der Waals surface area contributed by atoms with Crippen LogP contribution in [0, 0.1) is 0 Å². The number of amides is 1. The van der Waals surface area contributed by atoms with Crippen molar-refractivity contribution in [2.24, 2.45) is 0 Å². The van der Waals surface area contributed by atoms with Gasteiger partial charge in [-0.2, -0.15) is 0 Å². The van der Waals surface area contributed by atoms with Crippen molar-refractivity contribution in [3.05, 3.63) is 36.5 Å². The van der Waals surface area contributed by atoms with Gasteiger partial charge in [-0.05, 0) is 83.5 Å². The molecule has 0 aromatic rings. The Morgan fingerprint density at radius 2 is 0.588 bits per heavy atom. The lowest BCUT2D eigenvalue weighted by Gasteiger charge is -2.22. The summed E-state index contributed by atoms with van der Waals surface area (Å²) in [5.74, 6) is -0.0191. The van der Waals surface area contributed by atoms with E-state index in [2.05, 4.69) is 55.6 Å². The number of ether oxygens (including phenoxy) is 1. The summed E-state index contributed by atoms with van der Waals surface area (Å²) < 4.78 is 5.50. The number of aliphatic hydroxyl groups is 2. The molecule has 0 saturated carbocycles. The maximum Gasteiger partial charge on any atom is 0.305 e. The highest BCUT2D eigenvalue weighted by atomic mass is 16.5. The van der Waals surface area contributed by atoms with Gasteiger partial charge in [0, 0.05) is 12.8 Å². The number of hydrogen-bond donors (Lipinski definition) is 3. The lowest BCUT2D eigenvalue weighted by Crippen LogP contribution is -2.45. The average Bonchev–Trinajstić information content (AvgIpc) is 3.51. The third kappa shape index (κ3) is 71.0. The molecule has 0 saturated heterocycles. The molecule has 3 N–H and O–H groups in total. The summed E-state index contributed by atoms with van der Waals surface area (Å²) in [4.78, 5) is 24.7. The number of unbranched alkanes of at least 4 members (excludes halogenated alkanes) is 56. The standard InChI is InChI=1S/C79H151NO5/c1-3-5-7-9-11-13-15-17-19-21-36-39-43-47-51-55-59-63-67-71-77(82)76(75-81)80-78(83)72-68-64-60-56-52-48-44-40-37-34-32-30-28-26-24-23-25-27-29-31-33-35-38-42-46-50-54-58-62-66-70-74-85-79(84)73-69-65-61-57-53-49-45-41-22-20-18-16-14-12-10-8-6-4-2/h20,22,25,27,31,33,76-77,81-82H,3-19,21,23-24,26,28-30,32,34-75H2,1-2H3,(H,80,83)/b22-20-,27-25-,33-31-. The molecule has 2 unspecified atom stereocenters. The molecular formula is C79H151NO5. The molecule has 0 rings (SSSR count). The zero-order valence-corrected chi connectivity index (χ0v) is 57.6. The molecule has 0 aliphatic heterocycles. The first-order chi connectivity index (χ1) is 42.0. The molecule has 0 aliphatic rings. The monoisotopic (exact) mass is 1190 g/mol. The molecule has 0 heterocycles. The molecule has 2 atom stereocenters. The van der Waals surface area contributed by atoms with E-state index < -0.39 is 12.1 Å². The molecule has 6 nitrogen and oxygen atoms in total. The van der Waals surface area contributed by atoms with Crippen molar-refractivity contribution in [2.75, 3.05) is 13.2 Å². The fraction of sp³-hybridized carbons (Fsp3) is 0.899. The molecule has 1 amide bonds. The molecule has 0 fully saturated rings. The summed E-state index contributed by atoms with van der Waals surface area (Å²) in [5, 5.41) is 23.4. The molecule has 85 heavy (non-hydrogen) atoms. The molecule has 0 radical (unpaired) electrons. The lowest BCUT2D eigenvalue weighted by molar-refractivity contribution is -0.143. The van der Waals surface area contributed by atoms with Gasteiger partial charge < -0.3 is 20.3 Å². The van der Waals surface area contributed by atoms with Crippen molar-refractivity contribution in [3.63, 3.8) is 0 Å². The largest absolute Gasteiger partial charge is 0.466 e. The summed E-state index contributed by atoms with van der Waals surface area (Å²) in [6, 6.07) is -0.542. The first kappa shape index (κ1) is 83.1. The van der Waals surface area contributed by atoms with Gasteiger partial charge in [0.25, 0.3) is 0 Å². The van der Waals surface area contributed by atoms with E-state index in [0.717, 1.165) is 51.4 Å². The van der Waals surface area contributed by atoms with Gasteiger partial charge in [-0.25, -0.2) is 0 Å². The number of carbonyl (C=O) groups excluding carboxylic acids is 2. The molecule has 0 aromatic heterocycles. The third-order valence-electron chi connectivity index (χ3n) is 18.2. The van der Waals surface area contributed by atoms with Crippen LogP contribution in [0.3, 0.4) is 0 Å². The van der Waals surface area contributed by atoms with E-state index in [-0.39, 0.29) is 18.5 Å². The van der Waals surface area contributed by atoms with Crippen LogP contribution in [0.1, 0.15) is 431 Å². The van der Waals surface area contributed by atoms with Gasteiger partial charge in [0.15, 0.2) is 0 Å². The second kappa shape index (κ2) is 74.5. The summed E-state index contributed by atoms with van der Waals surface area (Å²) in [7, 11) is 0. The van der Waals surface area contributed by atoms with E-state index >= 15 is 0 Å². The minimum Gasteiger partial charge on any atom is -0.466 e. The van der Waals surface area contributed by atoms with Crippen LogP contribution in [0.15, 0.2) is 36.5 Å². The summed E-state index contributed by atoms with van der Waals surface area (Å²) in [6.07, 6.45) is 96.5. The minimum absolute atomic E-state index is 0.0110. The summed E-state index contributed by atoms with van der Waals surface area (Å²) in [5.41, 5.74) is 0. The number of rotatable bonds is 73. The van der Waals surface area contributed by atoms with Gasteiger partial charge in [-0.3, -0.25) is 9.59 Å². The van der Waals surface area contributed by atoms with E-state index in [1.54, 1.807) is 0 Å². The first-order valence-electron chi connectivity index (χ1n) is 38.7. The van der Waals surface area contributed by atoms with Crippen molar-refractivity contribution < 1.29 is 24.5 Å². The molecule has 0 aromatic carbocycles. The minimum atomic E-state index is -0.665. The number of nitrogens with one attached hydrogen (secondary N) is 1. The number of aliphatic hydroxyl groups excluding tert-OH is 2. The average molecular weight is 1200 g/mol. The summed E-state index contributed by atoms with van der Waals surface area (Å²) in [6.45, 7) is 4.99. The van der Waals surface area contributed by atoms with Gasteiger partial charge >= 0.3 is 5.97 Å². The first-order valence-corrected chi connectivity index (χ1v) is 38.7. The molecule has 0 spiro atoms. The van der Waals surface area contributed by atoms with Gasteiger partial charge in [0.2, 0.25) is 5.91 Å². The van der Waals surface area contributed by atoms with E-state index in [4.69, 9.17) is 4.74 Å². The summed E-state index contributed by atoms with van der Waals surface area (Å²) >= 11 is 0. The molecule has 502 valence electrons. The SMILES string of the molecule is CCCCCCCCC/C=C\CCCCCCCCCC(=O)OCCCCCCCCCCC/C=C\C/C=C\CCCCCCCCCCCCCCCCCC(=O)NC(CO)C(O)CCCCCCCCCCCCCCCCCCCCC. The quantitative estimate of drug-likeness (QED) is 0.0320. The van der Waals surface area contributed by atoms with Crippen LogP contribution in [0.25, 0.3) is 0 Å². The Morgan fingerprint density at radius 1 is 0.329 bits per heavy atom. The maximum absolute atomic E-state index is 12.5. The highest BCUT2D eigenvalue weighted by molar-refractivity contribution is 5.76. The van der Waals surface area contributed by atoms with E-state index in [0.29, 0.717) is 25.9 Å². The van der Waals surface area contributed by atoms with Crippen LogP contribution >= 0.6 is 0 Å². The normalized spacial score (nSPS) is 12.7. The van der Waals surface area contributed by atoms with Crippen LogP contribution in [-0.2, 0) is 14.3 Å². The van der Waals surface area contributed by atoms with Crippen LogP contribution in [-0.4, -0.2) is 47.4 Å². The number of carbonyl (C=O) groups is 2. The van der Waals surface area contributed by atoms with Gasteiger partial charge in [-0.15, -0.1) is 0 Å². The van der Waals surface area contributed by atoms with Crippen molar-refractivity contribution in [2.45, 2.75) is 443 Å². The zero-order chi connectivity index (χ0) is 61.3. The fourth-order valence-corrected chi connectivity index (χ4v) is 12.3. The zero-order valence-electron chi connectivity index (χ0n) is 57.6. The van der Waals surface area contributed by atoms with E-state index in [1.165, 1.54) is 347 Å². The molecular weight excluding hydrogens is 1040 g/mol. The molecule has 0 bridgehead atoms. The van der Waals surface area contributed by atoms with Gasteiger partial charge in [0.1, 0.15) is 0 Å². The highest BCUT2D eigenvalue weighted by Gasteiger charge is 2.20. The van der Waals surface area contributed by atoms with Gasteiger partial charge in [0.05, 0.1) is 25.4 Å². The number of esters is 1. The predicted octanol–water partition coefficient (Wildman–Crippen LogP) is 25.4. The topological polar surface area (TPSA) is 95.9 Å². The van der Waals surface area contributed by atoms with E-state index in [1.807, 2.05) is 0 Å². The van der Waals surface area contributed by atoms with Crippen molar-refractivity contribution in [1.29, 1.82) is 0 Å². The Kier molecular flexibility index (Phi) is 72.9. The number of hydrogen-bond acceptors (Lipinski definition) is 5. The Balaban J connectivity index is 3.38. The fourth-order valence-electron chi connectivity index (χ4n) is 12.3. The van der Waals surface area contributed by atoms with E-state index in [9.17, 15) is 19.8 Å². The highest BCUT2D eigenvalue weighted by Crippen LogP contribution is 2.19. The van der Waals surface area contributed by atoms with Crippen LogP contribution in [0.4, 0.5) is 0 Å². The molecule has 0 aliphatic carbocycles. The van der Waals surface area contributed by atoms with Crippen molar-refractivity contribution in [3.8, 4) is 0 Å². The second-order valence-corrected chi connectivity index (χ2v) is 26.7. The van der Waals surface area contributed by atoms with Crippen molar-refractivity contribution in [1.82, 2.24) is 5.32 Å². The Bertz CT molecular complexity index is 1380. The Hall–Kier alpha value is -1.92. The van der Waals surface area contributed by atoms with Crippen LogP contribution < -0.4 is 5.32 Å². The Morgan fingerprint density at radius 3 is 0.906 bits per heavy atom. The van der Waals surface area contributed by atoms with Gasteiger partial charge in [-0.1, -0.05) is 371 Å². The smallest absolute Gasteiger partial charge is 0.305 e. The predicted molar refractivity (Wildman–Crippen MR) is 375 cm³/mol. The second-order valence-electron chi connectivity index (χ2n) is 26.7.